The van der Waals surface area contributed by atoms with Crippen molar-refractivity contribution in [2.24, 2.45) is 5.92 Å². The number of nitrogens with zero attached hydrogens (tertiary/aromatic N) is 1. The first-order valence-corrected chi connectivity index (χ1v) is 8.49. The molecular weight excluding hydrogens is 298 g/mol. The summed E-state index contributed by atoms with van der Waals surface area (Å²) >= 11 is 1.74. The van der Waals surface area contributed by atoms with Gasteiger partial charge in [0.25, 0.3) is 0 Å². The van der Waals surface area contributed by atoms with Crippen molar-refractivity contribution in [2.75, 3.05) is 13.1 Å². The number of amides is 1. The van der Waals surface area contributed by atoms with Crippen molar-refractivity contribution in [1.29, 1.82) is 0 Å². The van der Waals surface area contributed by atoms with Gasteiger partial charge in [0.1, 0.15) is 0 Å². The number of aliphatic carboxylic acids is 1. The summed E-state index contributed by atoms with van der Waals surface area (Å²) < 4.78 is 1.28. The quantitative estimate of drug-likeness (QED) is 0.921. The van der Waals surface area contributed by atoms with Crippen LogP contribution in [0, 0.1) is 5.92 Å². The highest BCUT2D eigenvalue weighted by Gasteiger charge is 2.30. The summed E-state index contributed by atoms with van der Waals surface area (Å²) in [7, 11) is 0. The van der Waals surface area contributed by atoms with E-state index in [4.69, 9.17) is 5.11 Å². The fraction of sp³-hybridized carbons (Fsp3) is 0.412. The zero-order valence-corrected chi connectivity index (χ0v) is 13.1. The molecule has 1 aromatic heterocycles. The van der Waals surface area contributed by atoms with Crippen LogP contribution in [0.15, 0.2) is 29.6 Å². The molecule has 1 atom stereocenters. The summed E-state index contributed by atoms with van der Waals surface area (Å²) in [5, 5.41) is 12.4. The van der Waals surface area contributed by atoms with Crippen molar-refractivity contribution in [2.45, 2.75) is 25.7 Å². The smallest absolute Gasteiger partial charge is 0.308 e. The van der Waals surface area contributed by atoms with Crippen molar-refractivity contribution in [3.63, 3.8) is 0 Å². The van der Waals surface area contributed by atoms with E-state index < -0.39 is 5.97 Å². The molecule has 2 heterocycles. The second-order valence-corrected chi connectivity index (χ2v) is 6.69. The normalized spacial score (nSPS) is 18.0. The van der Waals surface area contributed by atoms with Crippen LogP contribution in [0.4, 0.5) is 0 Å². The second kappa shape index (κ2) is 6.48. The maximum atomic E-state index is 12.1. The lowest BCUT2D eigenvalue weighted by Crippen LogP contribution is -2.29. The first-order chi connectivity index (χ1) is 10.6. The SMILES string of the molecule is O=C(O)C1CCN(C(=O)CCCc2csc3ccccc23)C1. The van der Waals surface area contributed by atoms with Crippen molar-refractivity contribution < 1.29 is 14.7 Å². The minimum Gasteiger partial charge on any atom is -0.481 e. The number of carboxylic acids is 1. The molecule has 0 spiro atoms. The Kier molecular flexibility index (Phi) is 4.43. The molecule has 116 valence electrons. The van der Waals surface area contributed by atoms with E-state index in [9.17, 15) is 9.59 Å². The standard InChI is InChI=1S/C17H19NO3S/c19-16(18-9-8-12(10-18)17(20)21)7-3-4-13-11-22-15-6-2-1-5-14(13)15/h1-2,5-6,11-12H,3-4,7-10H2,(H,20,21). The highest BCUT2D eigenvalue weighted by molar-refractivity contribution is 7.17. The Hall–Kier alpha value is -1.88. The third-order valence-corrected chi connectivity index (χ3v) is 5.30. The van der Waals surface area contributed by atoms with Gasteiger partial charge in [-0.1, -0.05) is 18.2 Å². The zero-order valence-electron chi connectivity index (χ0n) is 12.3. The van der Waals surface area contributed by atoms with Gasteiger partial charge in [-0.15, -0.1) is 11.3 Å². The Labute approximate surface area is 133 Å². The van der Waals surface area contributed by atoms with Gasteiger partial charge in [-0.2, -0.15) is 0 Å². The van der Waals surface area contributed by atoms with Crippen LogP contribution in [0.1, 0.15) is 24.8 Å². The van der Waals surface area contributed by atoms with E-state index in [-0.39, 0.29) is 11.8 Å². The van der Waals surface area contributed by atoms with Crippen LogP contribution < -0.4 is 0 Å². The molecule has 0 aliphatic carbocycles. The number of carboxylic acid groups (broad SMARTS) is 1. The molecule has 2 aromatic rings. The van der Waals surface area contributed by atoms with E-state index in [1.165, 1.54) is 15.6 Å². The first-order valence-electron chi connectivity index (χ1n) is 7.61. The van der Waals surface area contributed by atoms with E-state index in [0.717, 1.165) is 12.8 Å². The Balaban J connectivity index is 1.51. The molecule has 1 saturated heterocycles. The first kappa shape index (κ1) is 15.0. The zero-order chi connectivity index (χ0) is 15.5. The largest absolute Gasteiger partial charge is 0.481 e. The van der Waals surface area contributed by atoms with Crippen molar-refractivity contribution in [3.05, 3.63) is 35.2 Å². The molecule has 4 nitrogen and oxygen atoms in total. The van der Waals surface area contributed by atoms with E-state index in [0.29, 0.717) is 25.9 Å². The predicted octanol–water partition coefficient (Wildman–Crippen LogP) is 3.16. The third-order valence-electron chi connectivity index (χ3n) is 4.29. The minimum absolute atomic E-state index is 0.0864. The van der Waals surface area contributed by atoms with Gasteiger partial charge >= 0.3 is 5.97 Å². The Morgan fingerprint density at radius 2 is 2.14 bits per heavy atom. The number of hydrogen-bond acceptors (Lipinski definition) is 3. The average Bonchev–Trinajstić information content (AvgIpc) is 3.14. The van der Waals surface area contributed by atoms with Crippen LogP contribution >= 0.6 is 11.3 Å². The lowest BCUT2D eigenvalue weighted by molar-refractivity contribution is -0.141. The third kappa shape index (κ3) is 3.14. The monoisotopic (exact) mass is 317 g/mol. The lowest BCUT2D eigenvalue weighted by atomic mass is 10.1. The highest BCUT2D eigenvalue weighted by atomic mass is 32.1. The molecule has 1 fully saturated rings. The number of likely N-dealkylation sites (tertiary alicyclic amines) is 1. The fourth-order valence-electron chi connectivity index (χ4n) is 3.00. The van der Waals surface area contributed by atoms with E-state index >= 15 is 0 Å². The number of hydrogen-bond donors (Lipinski definition) is 1. The Morgan fingerprint density at radius 3 is 2.91 bits per heavy atom. The van der Waals surface area contributed by atoms with E-state index in [1.54, 1.807) is 16.2 Å². The van der Waals surface area contributed by atoms with Crippen LogP contribution in [-0.4, -0.2) is 35.0 Å². The summed E-state index contributed by atoms with van der Waals surface area (Å²) in [6.07, 6.45) is 2.78. The van der Waals surface area contributed by atoms with Gasteiger partial charge in [-0.3, -0.25) is 9.59 Å². The van der Waals surface area contributed by atoms with Crippen molar-refractivity contribution in [1.82, 2.24) is 4.90 Å². The molecule has 1 N–H and O–H groups in total. The maximum absolute atomic E-state index is 12.1. The summed E-state index contributed by atoms with van der Waals surface area (Å²) in [6.45, 7) is 0.951. The number of rotatable bonds is 5. The Morgan fingerprint density at radius 1 is 1.32 bits per heavy atom. The molecule has 22 heavy (non-hydrogen) atoms. The summed E-state index contributed by atoms with van der Waals surface area (Å²) in [4.78, 5) is 24.8. The van der Waals surface area contributed by atoms with Gasteiger partial charge in [0.2, 0.25) is 5.91 Å². The van der Waals surface area contributed by atoms with Crippen molar-refractivity contribution in [3.8, 4) is 0 Å². The molecule has 1 aliphatic rings. The van der Waals surface area contributed by atoms with Crippen LogP contribution in [0.25, 0.3) is 10.1 Å². The molecule has 1 amide bonds. The molecule has 1 aromatic carbocycles. The minimum atomic E-state index is -0.792. The molecule has 0 bridgehead atoms. The fourth-order valence-corrected chi connectivity index (χ4v) is 4.00. The van der Waals surface area contributed by atoms with Gasteiger partial charge in [-0.05, 0) is 41.7 Å². The van der Waals surface area contributed by atoms with Gasteiger partial charge < -0.3 is 10.0 Å². The predicted molar refractivity (Wildman–Crippen MR) is 87.1 cm³/mol. The molecular formula is C17H19NO3S. The van der Waals surface area contributed by atoms with Crippen LogP contribution in [0.2, 0.25) is 0 Å². The maximum Gasteiger partial charge on any atom is 0.308 e. The Bertz CT molecular complexity index is 694. The topological polar surface area (TPSA) is 57.6 Å². The number of aryl methyl sites for hydroxylation is 1. The molecule has 1 unspecified atom stereocenters. The average molecular weight is 317 g/mol. The van der Waals surface area contributed by atoms with Crippen LogP contribution in [0.3, 0.4) is 0 Å². The number of fused-ring (bicyclic) bond motifs is 1. The number of carbonyl (C=O) groups is 2. The van der Waals surface area contributed by atoms with Crippen LogP contribution in [-0.2, 0) is 16.0 Å². The summed E-state index contributed by atoms with van der Waals surface area (Å²) in [6, 6.07) is 8.32. The lowest BCUT2D eigenvalue weighted by Gasteiger charge is -2.15. The van der Waals surface area contributed by atoms with Gasteiger partial charge in [-0.25, -0.2) is 0 Å². The van der Waals surface area contributed by atoms with E-state index in [2.05, 4.69) is 17.5 Å². The van der Waals surface area contributed by atoms with Crippen LogP contribution in [0.5, 0.6) is 0 Å². The van der Waals surface area contributed by atoms with Gasteiger partial charge in [0.15, 0.2) is 0 Å². The molecule has 5 heteroatoms. The van der Waals surface area contributed by atoms with E-state index in [1.807, 2.05) is 12.1 Å². The summed E-state index contributed by atoms with van der Waals surface area (Å²) in [5.74, 6) is -1.09. The highest BCUT2D eigenvalue weighted by Crippen LogP contribution is 2.27. The van der Waals surface area contributed by atoms with Crippen molar-refractivity contribution >= 4 is 33.3 Å². The summed E-state index contributed by atoms with van der Waals surface area (Å²) in [5.41, 5.74) is 1.30. The van der Waals surface area contributed by atoms with Gasteiger partial charge in [0, 0.05) is 24.2 Å². The van der Waals surface area contributed by atoms with Gasteiger partial charge in [0.05, 0.1) is 5.92 Å². The number of thiophene rings is 1. The number of benzene rings is 1. The second-order valence-electron chi connectivity index (χ2n) is 5.77. The number of carbonyl (C=O) groups excluding carboxylic acids is 1. The molecule has 3 rings (SSSR count). The molecule has 1 aliphatic heterocycles. The molecule has 0 saturated carbocycles. The molecule has 0 radical (unpaired) electrons.